The Hall–Kier alpha value is -3.43. The molecule has 2 rings (SSSR count). The van der Waals surface area contributed by atoms with Crippen LogP contribution in [0.1, 0.15) is 50.3 Å². The van der Waals surface area contributed by atoms with E-state index in [9.17, 15) is 18.9 Å². The Bertz CT molecular complexity index is 1130. The number of hydrogen-bond donors (Lipinski definition) is 1. The smallest absolute Gasteiger partial charge is 0.229 e. The summed E-state index contributed by atoms with van der Waals surface area (Å²) < 4.78 is 26.2. The van der Waals surface area contributed by atoms with Crippen molar-refractivity contribution in [1.82, 2.24) is 0 Å². The Balaban J connectivity index is 2.60. The first-order chi connectivity index (χ1) is 14.6. The van der Waals surface area contributed by atoms with Gasteiger partial charge in [0.1, 0.15) is 23.5 Å². The van der Waals surface area contributed by atoms with E-state index >= 15 is 0 Å². The van der Waals surface area contributed by atoms with E-state index in [2.05, 4.69) is 32.0 Å². The van der Waals surface area contributed by atoms with Gasteiger partial charge in [0.15, 0.2) is 0 Å². The molecule has 0 radical (unpaired) electrons. The summed E-state index contributed by atoms with van der Waals surface area (Å²) in [6.07, 6.45) is 1.06. The van der Waals surface area contributed by atoms with Gasteiger partial charge >= 0.3 is 0 Å². The molecule has 0 bridgehead atoms. The summed E-state index contributed by atoms with van der Waals surface area (Å²) in [5.74, 6) is 0.142. The van der Waals surface area contributed by atoms with E-state index in [0.717, 1.165) is 30.6 Å². The minimum Gasteiger partial charge on any atom is -0.372 e. The predicted molar refractivity (Wildman–Crippen MR) is 123 cm³/mol. The summed E-state index contributed by atoms with van der Waals surface area (Å²) in [5.41, 5.74) is 2.88. The number of hydrogen-bond acceptors (Lipinski definition) is 7. The SMILES string of the molecule is CCN(CC)c1ccc(N=Nc2c(C#N)cc(C(C)C)cc2C#N)c(NS(C)(=O)=O)c1. The number of anilines is 2. The Morgan fingerprint density at radius 2 is 1.61 bits per heavy atom. The van der Waals surface area contributed by atoms with Crippen LogP contribution < -0.4 is 9.62 Å². The zero-order valence-corrected chi connectivity index (χ0v) is 19.2. The second-order valence-electron chi connectivity index (χ2n) is 7.29. The van der Waals surface area contributed by atoms with E-state index in [1.807, 2.05) is 33.8 Å². The van der Waals surface area contributed by atoms with E-state index < -0.39 is 10.0 Å². The number of sulfonamides is 1. The van der Waals surface area contributed by atoms with Crippen LogP contribution in [0.25, 0.3) is 0 Å². The molecule has 1 N–H and O–H groups in total. The van der Waals surface area contributed by atoms with Gasteiger partial charge in [-0.15, -0.1) is 10.2 Å². The molecule has 0 spiro atoms. The van der Waals surface area contributed by atoms with Gasteiger partial charge in [-0.1, -0.05) is 13.8 Å². The maximum atomic E-state index is 11.9. The van der Waals surface area contributed by atoms with E-state index in [4.69, 9.17) is 0 Å². The van der Waals surface area contributed by atoms with Crippen molar-refractivity contribution < 1.29 is 8.42 Å². The fraction of sp³-hybridized carbons (Fsp3) is 0.364. The molecule has 0 aromatic heterocycles. The molecule has 0 saturated carbocycles. The lowest BCUT2D eigenvalue weighted by molar-refractivity contribution is 0.607. The molecule has 0 aliphatic heterocycles. The van der Waals surface area contributed by atoms with Crippen molar-refractivity contribution >= 4 is 32.8 Å². The Morgan fingerprint density at radius 1 is 1.03 bits per heavy atom. The van der Waals surface area contributed by atoms with Gasteiger partial charge in [0, 0.05) is 18.8 Å². The lowest BCUT2D eigenvalue weighted by Gasteiger charge is -2.22. The molecule has 0 fully saturated rings. The Kier molecular flexibility index (Phi) is 7.73. The molecule has 0 atom stereocenters. The maximum Gasteiger partial charge on any atom is 0.229 e. The summed E-state index contributed by atoms with van der Waals surface area (Å²) in [6.45, 7) is 9.48. The van der Waals surface area contributed by atoms with Crippen molar-refractivity contribution in [1.29, 1.82) is 10.5 Å². The van der Waals surface area contributed by atoms with Crippen LogP contribution >= 0.6 is 0 Å². The van der Waals surface area contributed by atoms with Crippen LogP contribution in [0.2, 0.25) is 0 Å². The molecule has 0 saturated heterocycles. The quantitative estimate of drug-likeness (QED) is 0.569. The molecule has 9 heteroatoms. The highest BCUT2D eigenvalue weighted by Gasteiger charge is 2.14. The van der Waals surface area contributed by atoms with Crippen LogP contribution in [0.4, 0.5) is 22.7 Å². The van der Waals surface area contributed by atoms with Gasteiger partial charge in [-0.2, -0.15) is 10.5 Å². The fourth-order valence-corrected chi connectivity index (χ4v) is 3.61. The average molecular weight is 439 g/mol. The summed E-state index contributed by atoms with van der Waals surface area (Å²) in [4.78, 5) is 2.07. The zero-order valence-electron chi connectivity index (χ0n) is 18.3. The monoisotopic (exact) mass is 438 g/mol. The molecule has 0 heterocycles. The first kappa shape index (κ1) is 23.8. The summed E-state index contributed by atoms with van der Waals surface area (Å²) >= 11 is 0. The van der Waals surface area contributed by atoms with E-state index in [-0.39, 0.29) is 34.1 Å². The molecule has 8 nitrogen and oxygen atoms in total. The van der Waals surface area contributed by atoms with Gasteiger partial charge in [-0.25, -0.2) is 8.42 Å². The number of nitriles is 2. The van der Waals surface area contributed by atoms with Crippen molar-refractivity contribution in [3.05, 3.63) is 47.0 Å². The molecule has 31 heavy (non-hydrogen) atoms. The highest BCUT2D eigenvalue weighted by molar-refractivity contribution is 7.92. The van der Waals surface area contributed by atoms with Crippen LogP contribution in [0.15, 0.2) is 40.6 Å². The second kappa shape index (κ2) is 10.1. The van der Waals surface area contributed by atoms with Crippen molar-refractivity contribution in [2.24, 2.45) is 10.2 Å². The van der Waals surface area contributed by atoms with E-state index in [1.54, 1.807) is 24.3 Å². The molecular weight excluding hydrogens is 412 g/mol. The maximum absolute atomic E-state index is 11.9. The van der Waals surface area contributed by atoms with E-state index in [0.29, 0.717) is 0 Å². The molecule has 0 aliphatic carbocycles. The first-order valence-corrected chi connectivity index (χ1v) is 11.8. The minimum atomic E-state index is -3.55. The van der Waals surface area contributed by atoms with Gasteiger partial charge < -0.3 is 4.90 Å². The third-order valence-electron chi connectivity index (χ3n) is 4.70. The lowest BCUT2D eigenvalue weighted by Crippen LogP contribution is -2.22. The van der Waals surface area contributed by atoms with Crippen molar-refractivity contribution in [3.8, 4) is 12.1 Å². The number of nitrogens with zero attached hydrogens (tertiary/aromatic N) is 5. The average Bonchev–Trinajstić information content (AvgIpc) is 2.72. The predicted octanol–water partition coefficient (Wildman–Crippen LogP) is 5.19. The first-order valence-electron chi connectivity index (χ1n) is 9.90. The van der Waals surface area contributed by atoms with Crippen LogP contribution in [-0.4, -0.2) is 27.8 Å². The molecule has 2 aromatic carbocycles. The highest BCUT2D eigenvalue weighted by atomic mass is 32.2. The molecule has 0 aliphatic rings. The lowest BCUT2D eigenvalue weighted by atomic mass is 9.97. The minimum absolute atomic E-state index is 0.142. The van der Waals surface area contributed by atoms with Gasteiger partial charge in [0.25, 0.3) is 0 Å². The summed E-state index contributed by atoms with van der Waals surface area (Å²) in [5, 5.41) is 27.4. The van der Waals surface area contributed by atoms with Gasteiger partial charge in [-0.05, 0) is 55.7 Å². The van der Waals surface area contributed by atoms with Crippen LogP contribution in [0.3, 0.4) is 0 Å². The molecule has 0 amide bonds. The number of rotatable bonds is 8. The van der Waals surface area contributed by atoms with E-state index in [1.165, 1.54) is 0 Å². The van der Waals surface area contributed by atoms with Crippen LogP contribution in [-0.2, 0) is 10.0 Å². The molecule has 162 valence electrons. The highest BCUT2D eigenvalue weighted by Crippen LogP contribution is 2.34. The van der Waals surface area contributed by atoms with Crippen molar-refractivity contribution in [2.75, 3.05) is 29.0 Å². The molecule has 0 unspecified atom stereocenters. The fourth-order valence-electron chi connectivity index (χ4n) is 3.05. The Morgan fingerprint density at radius 3 is 2.06 bits per heavy atom. The summed E-state index contributed by atoms with van der Waals surface area (Å²) in [7, 11) is -3.55. The molecular formula is C22H26N6O2S. The zero-order chi connectivity index (χ0) is 23.2. The number of benzene rings is 2. The normalized spacial score (nSPS) is 11.4. The number of nitrogens with one attached hydrogen (secondary N) is 1. The molecule has 2 aromatic rings. The van der Waals surface area contributed by atoms with Crippen molar-refractivity contribution in [3.63, 3.8) is 0 Å². The number of azo groups is 1. The largest absolute Gasteiger partial charge is 0.372 e. The van der Waals surface area contributed by atoms with Crippen LogP contribution in [0, 0.1) is 22.7 Å². The van der Waals surface area contributed by atoms with Crippen LogP contribution in [0.5, 0.6) is 0 Å². The standard InChI is InChI=1S/C22H26N6O2S/c1-6-28(7-2)19-8-9-20(21(12-19)27-31(5,29)30)25-26-22-17(13-23)10-16(15(3)4)11-18(22)14-24/h8-12,15,27H,6-7H2,1-5H3. The third kappa shape index (κ3) is 6.03. The van der Waals surface area contributed by atoms with Crippen molar-refractivity contribution in [2.45, 2.75) is 33.6 Å². The van der Waals surface area contributed by atoms with Gasteiger partial charge in [0.2, 0.25) is 10.0 Å². The van der Waals surface area contributed by atoms with Gasteiger partial charge in [-0.3, -0.25) is 4.72 Å². The van der Waals surface area contributed by atoms with Gasteiger partial charge in [0.05, 0.1) is 23.1 Å². The third-order valence-corrected chi connectivity index (χ3v) is 5.29. The summed E-state index contributed by atoms with van der Waals surface area (Å²) in [6, 6.07) is 12.7. The topological polar surface area (TPSA) is 122 Å². The Labute approximate surface area is 183 Å². The second-order valence-corrected chi connectivity index (χ2v) is 9.04.